The summed E-state index contributed by atoms with van der Waals surface area (Å²) in [5, 5.41) is 25.9. The summed E-state index contributed by atoms with van der Waals surface area (Å²) >= 11 is 0. The molecule has 0 atom stereocenters. The lowest BCUT2D eigenvalue weighted by atomic mass is 10.1. The van der Waals surface area contributed by atoms with Crippen LogP contribution in [0.5, 0.6) is 0 Å². The third-order valence-corrected chi connectivity index (χ3v) is 2.23. The van der Waals surface area contributed by atoms with E-state index in [0.29, 0.717) is 5.71 Å². The van der Waals surface area contributed by atoms with Gasteiger partial charge in [-0.1, -0.05) is 5.10 Å². The molecule has 110 valence electrons. The third kappa shape index (κ3) is 4.81. The average molecular weight is 394 g/mol. The van der Waals surface area contributed by atoms with Crippen LogP contribution >= 0.6 is 0 Å². The molecule has 9 heteroatoms. The van der Waals surface area contributed by atoms with E-state index >= 15 is 0 Å². The van der Waals surface area contributed by atoms with Gasteiger partial charge in [0.15, 0.2) is 0 Å². The van der Waals surface area contributed by atoms with Crippen molar-refractivity contribution in [3.63, 3.8) is 0 Å². The number of hydrogen-bond donors (Lipinski definition) is 0. The Balaban J connectivity index is 0.00000361. The molecule has 0 saturated heterocycles. The van der Waals surface area contributed by atoms with Gasteiger partial charge in [-0.25, -0.2) is 4.59 Å². The number of non-ortho nitro benzene ring substituents is 1. The number of benzene rings is 1. The number of rotatable bonds is 4. The Morgan fingerprint density at radius 1 is 1.15 bits per heavy atom. The van der Waals surface area contributed by atoms with Gasteiger partial charge in [-0.15, -0.1) is 0 Å². The summed E-state index contributed by atoms with van der Waals surface area (Å²) in [6.07, 6.45) is 0. The fourth-order valence-electron chi connectivity index (χ4n) is 1.59. The van der Waals surface area contributed by atoms with Gasteiger partial charge < -0.3 is 24.0 Å². The van der Waals surface area contributed by atoms with Gasteiger partial charge in [0.05, 0.1) is 42.6 Å². The summed E-state index contributed by atoms with van der Waals surface area (Å²) in [5.41, 5.74) is 0.107. The normalized spacial score (nSPS) is 11.7. The van der Waals surface area contributed by atoms with E-state index in [9.17, 15) is 20.2 Å². The second-order valence-electron chi connectivity index (χ2n) is 4.84. The highest BCUT2D eigenvalue weighted by molar-refractivity contribution is 6.02. The minimum atomic E-state index is -0.664. The molecule has 0 spiro atoms. The summed E-state index contributed by atoms with van der Waals surface area (Å²) < 4.78 is 0.250. The first-order valence-electron chi connectivity index (χ1n) is 5.43. The Morgan fingerprint density at radius 3 is 2.10 bits per heavy atom. The molecule has 8 nitrogen and oxygen atoms in total. The zero-order chi connectivity index (χ0) is 14.8. The standard InChI is InChI=1S/C11H15N4O4.HI/c1-8(12-15(2,3)4)10-6-5-9(13(16)17)7-11(10)14(18)19;/h5-7H,1-4H3;1H/q+1;/p-1/b12-8+;. The second kappa shape index (κ2) is 6.70. The minimum absolute atomic E-state index is 0. The van der Waals surface area contributed by atoms with E-state index in [-0.39, 0.29) is 45.5 Å². The smallest absolute Gasteiger partial charge is 0.285 e. The molecule has 0 saturated carbocycles. The Labute approximate surface area is 133 Å². The maximum atomic E-state index is 11.0. The van der Waals surface area contributed by atoms with E-state index in [0.717, 1.165) is 6.07 Å². The van der Waals surface area contributed by atoms with Crippen LogP contribution in [0.3, 0.4) is 0 Å². The molecule has 1 aromatic carbocycles. The lowest BCUT2D eigenvalue weighted by Gasteiger charge is -2.16. The van der Waals surface area contributed by atoms with E-state index in [4.69, 9.17) is 0 Å². The average Bonchev–Trinajstić information content (AvgIpc) is 2.25. The van der Waals surface area contributed by atoms with Crippen LogP contribution in [0.2, 0.25) is 0 Å². The Bertz CT molecular complexity index is 566. The van der Waals surface area contributed by atoms with E-state index < -0.39 is 9.85 Å². The summed E-state index contributed by atoms with van der Waals surface area (Å²) in [6, 6.07) is 3.53. The maximum absolute atomic E-state index is 11.0. The first-order valence-corrected chi connectivity index (χ1v) is 5.43. The molecule has 1 aromatic rings. The van der Waals surface area contributed by atoms with Gasteiger partial charge in [0, 0.05) is 6.07 Å². The number of hydrogen-bond acceptors (Lipinski definition) is 5. The number of nitro benzene ring substituents is 2. The largest absolute Gasteiger partial charge is 1.00 e. The van der Waals surface area contributed by atoms with Crippen LogP contribution in [-0.4, -0.2) is 41.3 Å². The molecular weight excluding hydrogens is 379 g/mol. The van der Waals surface area contributed by atoms with Crippen molar-refractivity contribution < 1.29 is 38.4 Å². The van der Waals surface area contributed by atoms with Crippen LogP contribution in [0.1, 0.15) is 12.5 Å². The van der Waals surface area contributed by atoms with Crippen LogP contribution in [0.15, 0.2) is 23.3 Å². The fourth-order valence-corrected chi connectivity index (χ4v) is 1.59. The first kappa shape index (κ1) is 18.4. The summed E-state index contributed by atoms with van der Waals surface area (Å²) in [5.74, 6) is 0. The van der Waals surface area contributed by atoms with Gasteiger partial charge in [-0.05, 0) is 13.0 Å². The van der Waals surface area contributed by atoms with Crippen molar-refractivity contribution in [2.24, 2.45) is 5.10 Å². The molecule has 0 heterocycles. The number of nitro groups is 2. The van der Waals surface area contributed by atoms with Crippen molar-refractivity contribution in [2.45, 2.75) is 6.92 Å². The predicted octanol–water partition coefficient (Wildman–Crippen LogP) is -1.06. The SMILES string of the molecule is C/C(=N\[N+](C)(C)C)c1ccc([N+](=O)[O-])cc1[N+](=O)[O-].[I-]. The highest BCUT2D eigenvalue weighted by Gasteiger charge is 2.22. The molecule has 0 aliphatic carbocycles. The number of nitrogens with zero attached hydrogens (tertiary/aromatic N) is 4. The van der Waals surface area contributed by atoms with Crippen molar-refractivity contribution in [2.75, 3.05) is 21.1 Å². The van der Waals surface area contributed by atoms with Crippen LogP contribution in [0.4, 0.5) is 11.4 Å². The van der Waals surface area contributed by atoms with E-state index in [1.165, 1.54) is 12.1 Å². The van der Waals surface area contributed by atoms with Gasteiger partial charge >= 0.3 is 0 Å². The van der Waals surface area contributed by atoms with E-state index in [2.05, 4.69) is 5.10 Å². The van der Waals surface area contributed by atoms with Crippen LogP contribution < -0.4 is 24.0 Å². The molecule has 0 aromatic heterocycles. The molecule has 0 N–H and O–H groups in total. The maximum Gasteiger partial charge on any atom is 0.285 e. The second-order valence-corrected chi connectivity index (χ2v) is 4.84. The van der Waals surface area contributed by atoms with Crippen molar-refractivity contribution >= 4 is 17.1 Å². The lowest BCUT2D eigenvalue weighted by molar-refractivity contribution is -0.877. The lowest BCUT2D eigenvalue weighted by Crippen LogP contribution is -3.00. The van der Waals surface area contributed by atoms with E-state index in [1.54, 1.807) is 28.1 Å². The monoisotopic (exact) mass is 394 g/mol. The molecule has 0 unspecified atom stereocenters. The zero-order valence-corrected chi connectivity index (χ0v) is 13.7. The van der Waals surface area contributed by atoms with Gasteiger partial charge in [0.2, 0.25) is 0 Å². The van der Waals surface area contributed by atoms with Gasteiger partial charge in [0.1, 0.15) is 5.71 Å². The Hall–Kier alpha value is -1.62. The topological polar surface area (TPSA) is 98.6 Å². The molecule has 0 fully saturated rings. The van der Waals surface area contributed by atoms with Gasteiger partial charge in [-0.3, -0.25) is 20.2 Å². The van der Waals surface area contributed by atoms with Crippen LogP contribution in [0, 0.1) is 20.2 Å². The fraction of sp³-hybridized carbons (Fsp3) is 0.364. The van der Waals surface area contributed by atoms with Crippen molar-refractivity contribution in [3.05, 3.63) is 44.0 Å². The van der Waals surface area contributed by atoms with E-state index in [1.807, 2.05) is 0 Å². The first-order chi connectivity index (χ1) is 8.61. The summed E-state index contributed by atoms with van der Waals surface area (Å²) in [7, 11) is 5.42. The molecule has 0 radical (unpaired) electrons. The molecule has 1 rings (SSSR count). The quantitative estimate of drug-likeness (QED) is 0.214. The Morgan fingerprint density at radius 2 is 1.70 bits per heavy atom. The highest BCUT2D eigenvalue weighted by atomic mass is 127. The zero-order valence-electron chi connectivity index (χ0n) is 11.5. The molecular formula is C11H15IN4O4. The van der Waals surface area contributed by atoms with Crippen LogP contribution in [-0.2, 0) is 0 Å². The van der Waals surface area contributed by atoms with Crippen molar-refractivity contribution in [3.8, 4) is 0 Å². The van der Waals surface area contributed by atoms with Gasteiger partial charge in [0.25, 0.3) is 11.4 Å². The number of quaternary nitrogens is 1. The molecule has 0 bridgehead atoms. The van der Waals surface area contributed by atoms with Crippen molar-refractivity contribution in [1.29, 1.82) is 0 Å². The molecule has 20 heavy (non-hydrogen) atoms. The van der Waals surface area contributed by atoms with Gasteiger partial charge in [-0.2, -0.15) is 0 Å². The third-order valence-electron chi connectivity index (χ3n) is 2.23. The number of halogens is 1. The highest BCUT2D eigenvalue weighted by Crippen LogP contribution is 2.25. The van der Waals surface area contributed by atoms with Crippen molar-refractivity contribution in [1.82, 2.24) is 0 Å². The predicted molar refractivity (Wildman–Crippen MR) is 70.0 cm³/mol. The molecule has 0 amide bonds. The minimum Gasteiger partial charge on any atom is -1.00 e. The summed E-state index contributed by atoms with van der Waals surface area (Å²) in [6.45, 7) is 1.64. The van der Waals surface area contributed by atoms with Crippen LogP contribution in [0.25, 0.3) is 0 Å². The molecule has 0 aliphatic heterocycles. The Kier molecular flexibility index (Phi) is 6.16. The summed E-state index contributed by atoms with van der Waals surface area (Å²) in [4.78, 5) is 20.3. The molecule has 0 aliphatic rings.